The van der Waals surface area contributed by atoms with Gasteiger partial charge in [0.2, 0.25) is 0 Å². The van der Waals surface area contributed by atoms with Crippen molar-refractivity contribution in [3.05, 3.63) is 121 Å². The Hall–Kier alpha value is -5.37. The number of amides is 1. The largest absolute Gasteiger partial charge is 0.449 e. The molecule has 0 fully saturated rings. The number of carbonyl (C=O) groups is 3. The molecule has 2 aromatic heterocycles. The van der Waals surface area contributed by atoms with Crippen molar-refractivity contribution in [3.8, 4) is 0 Å². The van der Waals surface area contributed by atoms with E-state index in [2.05, 4.69) is 5.32 Å². The van der Waals surface area contributed by atoms with Gasteiger partial charge in [-0.05, 0) is 74.4 Å². The number of ether oxygens (including phenoxy) is 2. The van der Waals surface area contributed by atoms with Crippen LogP contribution in [-0.4, -0.2) is 47.0 Å². The van der Waals surface area contributed by atoms with E-state index < -0.39 is 0 Å². The molecule has 1 N–H and O–H groups in total. The van der Waals surface area contributed by atoms with Crippen molar-refractivity contribution in [1.82, 2.24) is 14.5 Å². The van der Waals surface area contributed by atoms with E-state index in [-0.39, 0.29) is 18.1 Å². The number of hydrogen-bond acceptors (Lipinski definition) is 5. The molecule has 0 spiro atoms. The Bertz CT molecular complexity index is 1880. The zero-order chi connectivity index (χ0) is 35.5. The van der Waals surface area contributed by atoms with Crippen molar-refractivity contribution in [2.45, 2.75) is 55.4 Å². The second-order valence-electron chi connectivity index (χ2n) is 9.78. The molecule has 0 bridgehead atoms. The molecule has 0 unspecified atom stereocenters. The molecule has 0 atom stereocenters. The Labute approximate surface area is 284 Å². The summed E-state index contributed by atoms with van der Waals surface area (Å²) in [6.45, 7) is 17.0. The summed E-state index contributed by atoms with van der Waals surface area (Å²) < 4.78 is 12.9. The topological polar surface area (TPSA) is 91.6 Å². The van der Waals surface area contributed by atoms with Crippen LogP contribution in [0.1, 0.15) is 64.4 Å². The van der Waals surface area contributed by atoms with Gasteiger partial charge < -0.3 is 14.8 Å². The van der Waals surface area contributed by atoms with E-state index in [1.807, 2.05) is 139 Å². The average Bonchev–Trinajstić information content (AvgIpc) is 3.75. The first-order valence-electron chi connectivity index (χ1n) is 16.6. The van der Waals surface area contributed by atoms with Gasteiger partial charge in [-0.15, -0.1) is 0 Å². The van der Waals surface area contributed by atoms with Gasteiger partial charge in [0, 0.05) is 35.3 Å². The molecule has 2 heterocycles. The van der Waals surface area contributed by atoms with Crippen molar-refractivity contribution < 1.29 is 23.9 Å². The predicted molar refractivity (Wildman–Crippen MR) is 198 cm³/mol. The normalized spacial score (nSPS) is 9.75. The molecule has 1 amide bonds. The van der Waals surface area contributed by atoms with Crippen LogP contribution in [0.5, 0.6) is 0 Å². The number of hydrogen-bond donors (Lipinski definition) is 1. The molecule has 0 saturated carbocycles. The molecule has 254 valence electrons. The minimum atomic E-state index is -0.325. The van der Waals surface area contributed by atoms with Crippen molar-refractivity contribution in [2.24, 2.45) is 0 Å². The molecule has 6 rings (SSSR count). The fourth-order valence-corrected chi connectivity index (χ4v) is 4.71. The monoisotopic (exact) mass is 651 g/mol. The van der Waals surface area contributed by atoms with Gasteiger partial charge in [-0.3, -0.25) is 13.9 Å². The van der Waals surface area contributed by atoms with Crippen LogP contribution in [0, 0.1) is 6.92 Å². The van der Waals surface area contributed by atoms with E-state index in [4.69, 9.17) is 9.47 Å². The van der Waals surface area contributed by atoms with E-state index >= 15 is 0 Å². The van der Waals surface area contributed by atoms with Gasteiger partial charge in [0.1, 0.15) is 0 Å². The molecule has 0 aliphatic rings. The van der Waals surface area contributed by atoms with Crippen molar-refractivity contribution >= 4 is 50.7 Å². The number of fused-ring (bicyclic) bond motifs is 3. The first-order chi connectivity index (χ1) is 23.4. The van der Waals surface area contributed by atoms with Crippen molar-refractivity contribution in [3.63, 3.8) is 0 Å². The van der Waals surface area contributed by atoms with Gasteiger partial charge in [-0.25, -0.2) is 9.59 Å². The van der Waals surface area contributed by atoms with Gasteiger partial charge in [0.25, 0.3) is 5.91 Å². The lowest BCUT2D eigenvalue weighted by atomic mass is 10.0. The van der Waals surface area contributed by atoms with Gasteiger partial charge >= 0.3 is 12.2 Å². The van der Waals surface area contributed by atoms with Gasteiger partial charge in [-0.1, -0.05) is 94.4 Å². The van der Waals surface area contributed by atoms with Crippen LogP contribution >= 0.6 is 0 Å². The summed E-state index contributed by atoms with van der Waals surface area (Å²) in [5.41, 5.74) is 3.65. The summed E-state index contributed by atoms with van der Waals surface area (Å²) in [5.74, 6) is -0.00528. The molecule has 6 aromatic rings. The Morgan fingerprint density at radius 2 is 1.12 bits per heavy atom. The predicted octanol–water partition coefficient (Wildman–Crippen LogP) is 10.2. The third-order valence-corrected chi connectivity index (χ3v) is 6.75. The molecule has 8 heteroatoms. The molecule has 0 aliphatic heterocycles. The Morgan fingerprint density at radius 1 is 0.604 bits per heavy atom. The highest BCUT2D eigenvalue weighted by Crippen LogP contribution is 2.19. The standard InChI is InChI=1S/C13H13NO.C12H13NO2.C11H11NO2.2C2H6/c1-2-14-13(15)12-9-5-7-10-6-3-4-8-11(10)12;1-3-15-12(14)13-7-6-10-5-4-9(2)8-11(10)13;1-2-14-11(13)12-8-7-9-5-3-4-6-10(9)12;2*1-2/h3-9H,2H2,1H3,(H,14,15);4-8H,3H2,1-2H3;3-8H,2H2,1H3;2*1-2H3. The number of para-hydroxylation sites is 1. The van der Waals surface area contributed by atoms with Crippen LogP contribution in [0.2, 0.25) is 0 Å². The zero-order valence-electron chi connectivity index (χ0n) is 29.4. The van der Waals surface area contributed by atoms with Crippen molar-refractivity contribution in [1.29, 1.82) is 0 Å². The number of rotatable bonds is 4. The number of nitrogens with one attached hydrogen (secondary N) is 1. The number of aromatic nitrogens is 2. The fraction of sp³-hybridized carbons (Fsp3) is 0.275. The number of nitrogens with zero attached hydrogens (tertiary/aromatic N) is 2. The summed E-state index contributed by atoms with van der Waals surface area (Å²) in [5, 5.41) is 7.01. The minimum Gasteiger partial charge on any atom is -0.449 e. The van der Waals surface area contributed by atoms with Crippen LogP contribution in [0.3, 0.4) is 0 Å². The summed E-state index contributed by atoms with van der Waals surface area (Å²) in [6.07, 6.45) is 2.82. The lowest BCUT2D eigenvalue weighted by Crippen LogP contribution is -2.22. The summed E-state index contributed by atoms with van der Waals surface area (Å²) in [7, 11) is 0. The molecule has 48 heavy (non-hydrogen) atoms. The fourth-order valence-electron chi connectivity index (χ4n) is 4.71. The van der Waals surface area contributed by atoms with Gasteiger partial charge in [0.15, 0.2) is 0 Å². The van der Waals surface area contributed by atoms with Crippen LogP contribution < -0.4 is 5.32 Å². The maximum atomic E-state index is 11.7. The first kappa shape index (κ1) is 38.8. The quantitative estimate of drug-likeness (QED) is 0.205. The highest BCUT2D eigenvalue weighted by molar-refractivity contribution is 6.07. The molecular formula is C40H49N3O5. The number of aryl methyl sites for hydroxylation is 1. The third-order valence-electron chi connectivity index (χ3n) is 6.75. The first-order valence-corrected chi connectivity index (χ1v) is 16.6. The minimum absolute atomic E-state index is 0.00528. The molecule has 0 aliphatic carbocycles. The molecule has 0 saturated heterocycles. The highest BCUT2D eigenvalue weighted by Gasteiger charge is 2.10. The van der Waals surface area contributed by atoms with E-state index in [9.17, 15) is 14.4 Å². The second kappa shape index (κ2) is 20.7. The number of carbonyl (C=O) groups excluding carboxylic acids is 3. The van der Waals surface area contributed by atoms with Crippen molar-refractivity contribution in [2.75, 3.05) is 19.8 Å². The number of benzene rings is 4. The Kier molecular flexibility index (Phi) is 16.7. The smallest absolute Gasteiger partial charge is 0.418 e. The van der Waals surface area contributed by atoms with E-state index in [0.29, 0.717) is 19.8 Å². The maximum Gasteiger partial charge on any atom is 0.418 e. The third kappa shape index (κ3) is 10.3. The van der Waals surface area contributed by atoms with Crippen LogP contribution in [0.25, 0.3) is 32.6 Å². The van der Waals surface area contributed by atoms with E-state index in [1.165, 1.54) is 9.13 Å². The molecular weight excluding hydrogens is 602 g/mol. The molecule has 4 aromatic carbocycles. The second-order valence-corrected chi connectivity index (χ2v) is 9.78. The van der Waals surface area contributed by atoms with Gasteiger partial charge in [-0.2, -0.15) is 0 Å². The van der Waals surface area contributed by atoms with E-state index in [0.717, 1.165) is 43.7 Å². The van der Waals surface area contributed by atoms with Crippen LogP contribution in [-0.2, 0) is 9.47 Å². The zero-order valence-corrected chi connectivity index (χ0v) is 29.4. The summed E-state index contributed by atoms with van der Waals surface area (Å²) >= 11 is 0. The lowest BCUT2D eigenvalue weighted by molar-refractivity contribution is 0.0957. The maximum absolute atomic E-state index is 11.7. The summed E-state index contributed by atoms with van der Waals surface area (Å²) in [4.78, 5) is 34.8. The average molecular weight is 652 g/mol. The molecule has 0 radical (unpaired) electrons. The highest BCUT2D eigenvalue weighted by atomic mass is 16.6. The van der Waals surface area contributed by atoms with Crippen LogP contribution in [0.15, 0.2) is 109 Å². The van der Waals surface area contributed by atoms with E-state index in [1.54, 1.807) is 26.2 Å². The summed E-state index contributed by atoms with van der Waals surface area (Å²) in [6, 6.07) is 31.2. The molecule has 8 nitrogen and oxygen atoms in total. The van der Waals surface area contributed by atoms with Crippen LogP contribution in [0.4, 0.5) is 9.59 Å². The Balaban J connectivity index is 0.000000238. The SMILES string of the molecule is CC.CC.CCNC(=O)c1cccc2ccccc12.CCOC(=O)n1ccc2ccc(C)cc21.CCOC(=O)n1ccc2ccccc21. The Morgan fingerprint density at radius 3 is 1.73 bits per heavy atom. The van der Waals surface area contributed by atoms with Gasteiger partial charge in [0.05, 0.1) is 24.2 Å². The lowest BCUT2D eigenvalue weighted by Gasteiger charge is -2.05.